The van der Waals surface area contributed by atoms with Gasteiger partial charge in [0.15, 0.2) is 0 Å². The Morgan fingerprint density at radius 3 is 2.46 bits per heavy atom. The molecular weight excluding hydrogens is 328 g/mol. The van der Waals surface area contributed by atoms with Crippen molar-refractivity contribution in [3.05, 3.63) is 71.3 Å². The van der Waals surface area contributed by atoms with E-state index in [-0.39, 0.29) is 24.5 Å². The van der Waals surface area contributed by atoms with Crippen molar-refractivity contribution in [3.63, 3.8) is 0 Å². The van der Waals surface area contributed by atoms with Crippen LogP contribution in [0.25, 0.3) is 0 Å². The highest BCUT2D eigenvalue weighted by atomic mass is 16.5. The molecule has 0 radical (unpaired) electrons. The van der Waals surface area contributed by atoms with Crippen LogP contribution in [0.15, 0.2) is 54.6 Å². The molecule has 0 bridgehead atoms. The lowest BCUT2D eigenvalue weighted by Gasteiger charge is -2.34. The Bertz CT molecular complexity index is 776. The number of methoxy groups -OCH3 is 1. The second-order valence-corrected chi connectivity index (χ2v) is 6.62. The molecule has 0 aromatic heterocycles. The SMILES string of the molecule is COC(=O)[C@H]1Cc2ccccc2CN1CC(=O)N[C@@H](C)c1ccccc1. The first-order chi connectivity index (χ1) is 12.6. The van der Waals surface area contributed by atoms with Gasteiger partial charge in [-0.05, 0) is 30.0 Å². The third-order valence-electron chi connectivity index (χ3n) is 4.84. The third-order valence-corrected chi connectivity index (χ3v) is 4.84. The Labute approximate surface area is 154 Å². The van der Waals surface area contributed by atoms with Gasteiger partial charge in [0.1, 0.15) is 6.04 Å². The summed E-state index contributed by atoms with van der Waals surface area (Å²) in [5, 5.41) is 3.01. The molecule has 1 N–H and O–H groups in total. The summed E-state index contributed by atoms with van der Waals surface area (Å²) in [5.41, 5.74) is 3.34. The van der Waals surface area contributed by atoms with Crippen LogP contribution in [-0.2, 0) is 27.3 Å². The molecule has 1 amide bonds. The summed E-state index contributed by atoms with van der Waals surface area (Å²) in [6.45, 7) is 2.67. The van der Waals surface area contributed by atoms with E-state index in [1.165, 1.54) is 7.11 Å². The first kappa shape index (κ1) is 18.1. The van der Waals surface area contributed by atoms with Crippen molar-refractivity contribution in [1.82, 2.24) is 10.2 Å². The van der Waals surface area contributed by atoms with Crippen molar-refractivity contribution in [2.24, 2.45) is 0 Å². The average Bonchev–Trinajstić information content (AvgIpc) is 2.67. The number of benzene rings is 2. The fourth-order valence-corrected chi connectivity index (χ4v) is 3.41. The molecule has 2 aromatic carbocycles. The molecule has 0 saturated carbocycles. The molecule has 1 heterocycles. The standard InChI is InChI=1S/C21H24N2O3/c1-15(16-8-4-3-5-9-16)22-20(24)14-23-13-18-11-7-6-10-17(18)12-19(23)21(25)26-2/h3-11,15,19H,12-14H2,1-2H3,(H,22,24)/t15-,19+/m0/s1. The minimum atomic E-state index is -0.437. The fourth-order valence-electron chi connectivity index (χ4n) is 3.41. The van der Waals surface area contributed by atoms with Crippen molar-refractivity contribution in [1.29, 1.82) is 0 Å². The second kappa shape index (κ2) is 8.15. The van der Waals surface area contributed by atoms with Crippen LogP contribution in [-0.4, -0.2) is 36.5 Å². The molecule has 2 aromatic rings. The predicted octanol–water partition coefficient (Wildman–Crippen LogP) is 2.46. The van der Waals surface area contributed by atoms with Gasteiger partial charge in [-0.1, -0.05) is 54.6 Å². The number of ether oxygens (including phenoxy) is 1. The van der Waals surface area contributed by atoms with Gasteiger partial charge in [0.25, 0.3) is 0 Å². The number of rotatable bonds is 5. The number of hydrogen-bond donors (Lipinski definition) is 1. The lowest BCUT2D eigenvalue weighted by atomic mass is 9.94. The van der Waals surface area contributed by atoms with Crippen molar-refractivity contribution >= 4 is 11.9 Å². The zero-order valence-corrected chi connectivity index (χ0v) is 15.1. The largest absolute Gasteiger partial charge is 0.468 e. The summed E-state index contributed by atoms with van der Waals surface area (Å²) in [6.07, 6.45) is 0.560. The summed E-state index contributed by atoms with van der Waals surface area (Å²) in [5.74, 6) is -0.405. The van der Waals surface area contributed by atoms with Gasteiger partial charge in [-0.25, -0.2) is 0 Å². The van der Waals surface area contributed by atoms with Crippen molar-refractivity contribution in [3.8, 4) is 0 Å². The van der Waals surface area contributed by atoms with Gasteiger partial charge in [0, 0.05) is 6.54 Å². The maximum atomic E-state index is 12.6. The number of carbonyl (C=O) groups is 2. The number of nitrogens with zero attached hydrogens (tertiary/aromatic N) is 1. The van der Waals surface area contributed by atoms with Crippen LogP contribution in [0.4, 0.5) is 0 Å². The van der Waals surface area contributed by atoms with E-state index >= 15 is 0 Å². The molecule has 0 saturated heterocycles. The molecule has 5 nitrogen and oxygen atoms in total. The molecular formula is C21H24N2O3. The first-order valence-electron chi connectivity index (χ1n) is 8.81. The third kappa shape index (κ3) is 4.11. The molecule has 0 aliphatic carbocycles. The molecule has 5 heteroatoms. The topological polar surface area (TPSA) is 58.6 Å². The molecule has 0 fully saturated rings. The molecule has 26 heavy (non-hydrogen) atoms. The summed E-state index contributed by atoms with van der Waals surface area (Å²) >= 11 is 0. The van der Waals surface area contributed by atoms with Crippen LogP contribution in [0.3, 0.4) is 0 Å². The Morgan fingerprint density at radius 2 is 1.77 bits per heavy atom. The molecule has 136 valence electrons. The number of hydrogen-bond acceptors (Lipinski definition) is 4. The first-order valence-corrected chi connectivity index (χ1v) is 8.81. The van der Waals surface area contributed by atoms with Crippen molar-refractivity contribution < 1.29 is 14.3 Å². The van der Waals surface area contributed by atoms with E-state index < -0.39 is 6.04 Å². The van der Waals surface area contributed by atoms with E-state index in [2.05, 4.69) is 5.32 Å². The Balaban J connectivity index is 1.70. The van der Waals surface area contributed by atoms with E-state index in [1.807, 2.05) is 66.4 Å². The van der Waals surface area contributed by atoms with Crippen LogP contribution in [0.1, 0.15) is 29.7 Å². The van der Waals surface area contributed by atoms with Gasteiger partial charge in [-0.2, -0.15) is 0 Å². The van der Waals surface area contributed by atoms with Crippen LogP contribution in [0.2, 0.25) is 0 Å². The number of amides is 1. The molecule has 0 unspecified atom stereocenters. The number of carbonyl (C=O) groups excluding carboxylic acids is 2. The van der Waals surface area contributed by atoms with E-state index in [1.54, 1.807) is 0 Å². The highest BCUT2D eigenvalue weighted by Gasteiger charge is 2.33. The van der Waals surface area contributed by atoms with Crippen LogP contribution in [0, 0.1) is 0 Å². The van der Waals surface area contributed by atoms with Gasteiger partial charge in [-0.15, -0.1) is 0 Å². The Morgan fingerprint density at radius 1 is 1.12 bits per heavy atom. The minimum absolute atomic E-state index is 0.0858. The van der Waals surface area contributed by atoms with E-state index in [0.717, 1.165) is 16.7 Å². The minimum Gasteiger partial charge on any atom is -0.468 e. The van der Waals surface area contributed by atoms with Gasteiger partial charge < -0.3 is 10.1 Å². The zero-order valence-electron chi connectivity index (χ0n) is 15.1. The predicted molar refractivity (Wildman–Crippen MR) is 99.4 cm³/mol. The average molecular weight is 352 g/mol. The van der Waals surface area contributed by atoms with Crippen molar-refractivity contribution in [2.45, 2.75) is 32.0 Å². The molecule has 1 aliphatic heterocycles. The van der Waals surface area contributed by atoms with E-state index in [0.29, 0.717) is 13.0 Å². The maximum absolute atomic E-state index is 12.6. The lowest BCUT2D eigenvalue weighted by Crippen LogP contribution is -2.50. The van der Waals surface area contributed by atoms with Gasteiger partial charge in [0.2, 0.25) is 5.91 Å². The van der Waals surface area contributed by atoms with Gasteiger partial charge >= 0.3 is 5.97 Å². The quantitative estimate of drug-likeness (QED) is 0.840. The fraction of sp³-hybridized carbons (Fsp3) is 0.333. The van der Waals surface area contributed by atoms with Crippen molar-refractivity contribution in [2.75, 3.05) is 13.7 Å². The van der Waals surface area contributed by atoms with Crippen LogP contribution in [0.5, 0.6) is 0 Å². The zero-order chi connectivity index (χ0) is 18.5. The highest BCUT2D eigenvalue weighted by Crippen LogP contribution is 2.24. The molecule has 2 atom stereocenters. The van der Waals surface area contributed by atoms with Gasteiger partial charge in [-0.3, -0.25) is 14.5 Å². The monoisotopic (exact) mass is 352 g/mol. The van der Waals surface area contributed by atoms with Crippen LogP contribution >= 0.6 is 0 Å². The molecule has 0 spiro atoms. The molecule has 3 rings (SSSR count). The van der Waals surface area contributed by atoms with E-state index in [9.17, 15) is 9.59 Å². The highest BCUT2D eigenvalue weighted by molar-refractivity contribution is 5.81. The maximum Gasteiger partial charge on any atom is 0.323 e. The van der Waals surface area contributed by atoms with Crippen LogP contribution < -0.4 is 5.32 Å². The molecule has 1 aliphatic rings. The summed E-state index contributed by atoms with van der Waals surface area (Å²) in [6, 6.07) is 17.3. The second-order valence-electron chi connectivity index (χ2n) is 6.62. The normalized spacial score (nSPS) is 17.8. The summed E-state index contributed by atoms with van der Waals surface area (Å²) < 4.78 is 4.95. The Kier molecular flexibility index (Phi) is 5.68. The number of nitrogens with one attached hydrogen (secondary N) is 1. The Hall–Kier alpha value is -2.66. The summed E-state index contributed by atoms with van der Waals surface area (Å²) in [4.78, 5) is 26.7. The smallest absolute Gasteiger partial charge is 0.323 e. The lowest BCUT2D eigenvalue weighted by molar-refractivity contribution is -0.148. The van der Waals surface area contributed by atoms with E-state index in [4.69, 9.17) is 4.74 Å². The number of esters is 1. The van der Waals surface area contributed by atoms with Gasteiger partial charge in [0.05, 0.1) is 19.7 Å². The summed E-state index contributed by atoms with van der Waals surface area (Å²) in [7, 11) is 1.39. The number of fused-ring (bicyclic) bond motifs is 1.